The van der Waals surface area contributed by atoms with Crippen LogP contribution in [0.15, 0.2) is 18.4 Å². The first-order valence-corrected chi connectivity index (χ1v) is 1.97. The zero-order chi connectivity index (χ0) is 6.85. The van der Waals surface area contributed by atoms with Crippen molar-refractivity contribution in [2.45, 2.75) is 0 Å². The average Bonchev–Trinajstić information content (AvgIpc) is 1.83. The molecule has 1 aromatic rings. The van der Waals surface area contributed by atoms with Crippen molar-refractivity contribution in [1.29, 1.82) is 0 Å². The van der Waals surface area contributed by atoms with Gasteiger partial charge in [-0.2, -0.15) is 0 Å². The first kappa shape index (κ1) is 3.95. The number of hydrogen-bond donors (Lipinski definition) is 0. The summed E-state index contributed by atoms with van der Waals surface area (Å²) in [5.41, 5.74) is 0. The first-order chi connectivity index (χ1) is 4.22. The van der Waals surface area contributed by atoms with E-state index in [1.165, 1.54) is 0 Å². The van der Waals surface area contributed by atoms with Crippen LogP contribution in [0.5, 0.6) is 0 Å². The molecule has 1 aromatic heterocycles. The molecule has 0 atom stereocenters. The van der Waals surface area contributed by atoms with E-state index < -0.39 is 17.7 Å². The van der Waals surface area contributed by atoms with E-state index >= 15 is 0 Å². The van der Waals surface area contributed by atoms with E-state index in [4.69, 9.17) is 1.37 Å². The zero-order valence-electron chi connectivity index (χ0n) is 4.86. The van der Waals surface area contributed by atoms with E-state index in [-0.39, 0.29) is 0 Å². The minimum Gasteiger partial charge on any atom is -0.259 e. The molecule has 1 nitrogen and oxygen atoms in total. The number of rotatable bonds is 0. The third-order valence-corrected chi connectivity index (χ3v) is 0.615. The van der Waals surface area contributed by atoms with Gasteiger partial charge in [0.15, 0.2) is 0 Å². The van der Waals surface area contributed by atoms with Crippen LogP contribution in [0, 0.1) is 11.6 Å². The summed E-state index contributed by atoms with van der Waals surface area (Å²) >= 11 is 0. The van der Waals surface area contributed by atoms with Crippen LogP contribution in [0.2, 0.25) is 0 Å². The molecular formula is C5H3F2N. The molecule has 1 heterocycles. The summed E-state index contributed by atoms with van der Waals surface area (Å²) in [5, 5.41) is 0. The van der Waals surface area contributed by atoms with Gasteiger partial charge in [-0.25, -0.2) is 8.78 Å². The van der Waals surface area contributed by atoms with Crippen molar-refractivity contribution in [3.63, 3.8) is 0 Å². The number of pyridine rings is 1. The highest BCUT2D eigenvalue weighted by atomic mass is 19.1. The molecule has 42 valence electrons. The maximum Gasteiger partial charge on any atom is 0.144 e. The fraction of sp³-hybridized carbons (Fsp3) is 0. The minimum atomic E-state index is -0.935. The molecule has 0 aliphatic rings. The van der Waals surface area contributed by atoms with Gasteiger partial charge < -0.3 is 0 Å². The Bertz CT molecular complexity index is 206. The molecule has 0 saturated heterocycles. The van der Waals surface area contributed by atoms with Crippen molar-refractivity contribution in [3.05, 3.63) is 30.1 Å². The number of nitrogens with zero attached hydrogens (tertiary/aromatic N) is 1. The lowest BCUT2D eigenvalue weighted by Crippen LogP contribution is -1.78. The molecule has 0 aliphatic carbocycles. The fourth-order valence-electron chi connectivity index (χ4n) is 0.347. The second-order valence-electron chi connectivity index (χ2n) is 1.23. The third kappa shape index (κ3) is 0.992. The normalized spacial score (nSPS) is 11.0. The molecule has 0 amide bonds. The van der Waals surface area contributed by atoms with Crippen molar-refractivity contribution in [3.8, 4) is 0 Å². The van der Waals surface area contributed by atoms with Gasteiger partial charge in [0, 0.05) is 6.04 Å². The van der Waals surface area contributed by atoms with Gasteiger partial charge in [-0.3, -0.25) is 4.98 Å². The Labute approximate surface area is 46.4 Å². The van der Waals surface area contributed by atoms with Crippen LogP contribution in [-0.2, 0) is 0 Å². The molecule has 0 unspecified atom stereocenters. The molecule has 3 heteroatoms. The van der Waals surface area contributed by atoms with E-state index in [0.717, 1.165) is 12.4 Å². The van der Waals surface area contributed by atoms with Crippen LogP contribution in [0.1, 0.15) is 1.37 Å². The lowest BCUT2D eigenvalue weighted by molar-refractivity contribution is 0.573. The quantitative estimate of drug-likeness (QED) is 0.498. The van der Waals surface area contributed by atoms with Crippen LogP contribution in [0.25, 0.3) is 0 Å². The van der Waals surface area contributed by atoms with E-state index in [9.17, 15) is 8.78 Å². The maximum absolute atomic E-state index is 12.1. The lowest BCUT2D eigenvalue weighted by Gasteiger charge is -1.83. The van der Waals surface area contributed by atoms with Crippen LogP contribution in [0.4, 0.5) is 8.78 Å². The van der Waals surface area contributed by atoms with Gasteiger partial charge in [-0.05, 0) is 0 Å². The molecule has 0 N–H and O–H groups in total. The smallest absolute Gasteiger partial charge is 0.144 e. The second kappa shape index (κ2) is 1.86. The third-order valence-electron chi connectivity index (χ3n) is 0.615. The van der Waals surface area contributed by atoms with Crippen LogP contribution in [-0.4, -0.2) is 4.98 Å². The van der Waals surface area contributed by atoms with E-state index in [0.29, 0.717) is 0 Å². The zero-order valence-corrected chi connectivity index (χ0v) is 3.86. The number of hydrogen-bond acceptors (Lipinski definition) is 1. The Kier molecular flexibility index (Phi) is 0.917. The molecule has 0 radical (unpaired) electrons. The Morgan fingerprint density at radius 3 is 2.25 bits per heavy atom. The monoisotopic (exact) mass is 116 g/mol. The SMILES string of the molecule is [2H]c1c(F)cncc1F. The highest BCUT2D eigenvalue weighted by Crippen LogP contribution is 1.95. The van der Waals surface area contributed by atoms with Crippen molar-refractivity contribution in [2.75, 3.05) is 0 Å². The van der Waals surface area contributed by atoms with Gasteiger partial charge in [-0.1, -0.05) is 0 Å². The molecular weight excluding hydrogens is 112 g/mol. The Balaban J connectivity index is 3.25. The lowest BCUT2D eigenvalue weighted by atomic mass is 10.5. The van der Waals surface area contributed by atoms with Gasteiger partial charge in [0.05, 0.1) is 13.8 Å². The second-order valence-corrected chi connectivity index (χ2v) is 1.23. The van der Waals surface area contributed by atoms with Gasteiger partial charge in [0.2, 0.25) is 0 Å². The largest absolute Gasteiger partial charge is 0.259 e. The Hall–Kier alpha value is -0.990. The Morgan fingerprint density at radius 2 is 1.88 bits per heavy atom. The highest BCUT2D eigenvalue weighted by molar-refractivity contribution is 4.95. The summed E-state index contributed by atoms with van der Waals surface area (Å²) in [6.07, 6.45) is 1.59. The summed E-state index contributed by atoms with van der Waals surface area (Å²) < 4.78 is 30.8. The van der Waals surface area contributed by atoms with Crippen molar-refractivity contribution >= 4 is 0 Å². The van der Waals surface area contributed by atoms with Crippen molar-refractivity contribution in [2.24, 2.45) is 0 Å². The van der Waals surface area contributed by atoms with Crippen molar-refractivity contribution in [1.82, 2.24) is 4.98 Å². The molecule has 1 rings (SSSR count). The molecule has 0 bridgehead atoms. The molecule has 8 heavy (non-hydrogen) atoms. The molecule has 0 spiro atoms. The van der Waals surface area contributed by atoms with E-state index in [1.807, 2.05) is 0 Å². The fourth-order valence-corrected chi connectivity index (χ4v) is 0.347. The summed E-state index contributed by atoms with van der Waals surface area (Å²) in [4.78, 5) is 3.17. The molecule has 0 aliphatic heterocycles. The van der Waals surface area contributed by atoms with Crippen molar-refractivity contribution < 1.29 is 10.2 Å². The maximum atomic E-state index is 12.1. The standard InChI is InChI=1S/C5H3F2N/c6-4-1-5(7)3-8-2-4/h1-3H/i1D. The average molecular weight is 116 g/mol. The van der Waals surface area contributed by atoms with E-state index in [2.05, 4.69) is 4.98 Å². The summed E-state index contributed by atoms with van der Waals surface area (Å²) in [6, 6.07) is -0.731. The van der Waals surface area contributed by atoms with Crippen LogP contribution in [0.3, 0.4) is 0 Å². The summed E-state index contributed by atoms with van der Waals surface area (Å²) in [7, 11) is 0. The van der Waals surface area contributed by atoms with E-state index in [1.54, 1.807) is 0 Å². The summed E-state index contributed by atoms with van der Waals surface area (Å²) in [5.74, 6) is -1.87. The predicted molar refractivity (Wildman–Crippen MR) is 24.2 cm³/mol. The van der Waals surface area contributed by atoms with Gasteiger partial charge in [0.25, 0.3) is 0 Å². The van der Waals surface area contributed by atoms with Gasteiger partial charge in [0.1, 0.15) is 11.6 Å². The topological polar surface area (TPSA) is 12.9 Å². The molecule has 0 aromatic carbocycles. The highest BCUT2D eigenvalue weighted by Gasteiger charge is 1.89. The van der Waals surface area contributed by atoms with Crippen LogP contribution >= 0.6 is 0 Å². The minimum absolute atomic E-state index is 0.731. The van der Waals surface area contributed by atoms with Gasteiger partial charge >= 0.3 is 0 Å². The summed E-state index contributed by atoms with van der Waals surface area (Å²) in [6.45, 7) is 0. The Morgan fingerprint density at radius 1 is 1.38 bits per heavy atom. The number of halogens is 2. The number of aromatic nitrogens is 1. The predicted octanol–water partition coefficient (Wildman–Crippen LogP) is 1.36. The van der Waals surface area contributed by atoms with Crippen LogP contribution < -0.4 is 0 Å². The first-order valence-electron chi connectivity index (χ1n) is 2.47. The molecule has 0 fully saturated rings. The van der Waals surface area contributed by atoms with Gasteiger partial charge in [-0.15, -0.1) is 0 Å². The molecule has 0 saturated carbocycles.